The summed E-state index contributed by atoms with van der Waals surface area (Å²) in [6.07, 6.45) is 0.420. The maximum Gasteiger partial charge on any atom is 0.216 e. The fourth-order valence-electron chi connectivity index (χ4n) is 1.35. The third kappa shape index (κ3) is 4.17. The first-order valence-corrected chi connectivity index (χ1v) is 7.04. The SMILES string of the molecule is CCC(C#N)NS(=O)(=O)Cc1ccc(C#N)cc1. The number of hydrogen-bond donors (Lipinski definition) is 1. The number of nitriles is 2. The first kappa shape index (κ1) is 14.2. The Hall–Kier alpha value is -1.89. The van der Waals surface area contributed by atoms with Crippen molar-refractivity contribution in [1.82, 2.24) is 4.72 Å². The summed E-state index contributed by atoms with van der Waals surface area (Å²) in [5.41, 5.74) is 1.06. The van der Waals surface area contributed by atoms with E-state index in [1.54, 1.807) is 31.2 Å². The minimum Gasteiger partial charge on any atom is -0.212 e. The van der Waals surface area contributed by atoms with Crippen LogP contribution in [0, 0.1) is 22.7 Å². The Morgan fingerprint density at radius 2 is 1.89 bits per heavy atom. The van der Waals surface area contributed by atoms with E-state index < -0.39 is 16.1 Å². The lowest BCUT2D eigenvalue weighted by molar-refractivity contribution is 0.568. The molecule has 0 aromatic heterocycles. The summed E-state index contributed by atoms with van der Waals surface area (Å²) >= 11 is 0. The van der Waals surface area contributed by atoms with E-state index >= 15 is 0 Å². The quantitative estimate of drug-likeness (QED) is 0.865. The number of sulfonamides is 1. The molecule has 0 fully saturated rings. The molecule has 1 N–H and O–H groups in total. The zero-order chi connectivity index (χ0) is 13.6. The first-order chi connectivity index (χ1) is 8.50. The van der Waals surface area contributed by atoms with Gasteiger partial charge in [-0.2, -0.15) is 15.2 Å². The molecule has 1 aromatic carbocycles. The second kappa shape index (κ2) is 6.15. The Labute approximate surface area is 107 Å². The van der Waals surface area contributed by atoms with Gasteiger partial charge in [0, 0.05) is 0 Å². The Kier molecular flexibility index (Phi) is 4.85. The van der Waals surface area contributed by atoms with Crippen LogP contribution in [0.5, 0.6) is 0 Å². The Bertz CT molecular complexity index is 579. The van der Waals surface area contributed by atoms with Crippen LogP contribution in [-0.2, 0) is 15.8 Å². The molecule has 0 saturated carbocycles. The van der Waals surface area contributed by atoms with Gasteiger partial charge in [0.1, 0.15) is 6.04 Å². The van der Waals surface area contributed by atoms with Crippen molar-refractivity contribution in [2.24, 2.45) is 0 Å². The van der Waals surface area contributed by atoms with Crippen LogP contribution in [0.1, 0.15) is 24.5 Å². The largest absolute Gasteiger partial charge is 0.216 e. The maximum atomic E-state index is 11.8. The maximum absolute atomic E-state index is 11.8. The van der Waals surface area contributed by atoms with Crippen molar-refractivity contribution in [3.63, 3.8) is 0 Å². The zero-order valence-corrected chi connectivity index (χ0v) is 10.7. The van der Waals surface area contributed by atoms with Crippen molar-refractivity contribution in [2.75, 3.05) is 0 Å². The first-order valence-electron chi connectivity index (χ1n) is 5.39. The highest BCUT2D eigenvalue weighted by atomic mass is 32.2. The molecule has 0 saturated heterocycles. The van der Waals surface area contributed by atoms with E-state index in [2.05, 4.69) is 4.72 Å². The van der Waals surface area contributed by atoms with Gasteiger partial charge in [-0.15, -0.1) is 0 Å². The molecule has 0 aliphatic carbocycles. The Morgan fingerprint density at radius 1 is 1.28 bits per heavy atom. The highest BCUT2D eigenvalue weighted by molar-refractivity contribution is 7.88. The molecule has 1 atom stereocenters. The van der Waals surface area contributed by atoms with Crippen molar-refractivity contribution in [1.29, 1.82) is 10.5 Å². The van der Waals surface area contributed by atoms with E-state index in [4.69, 9.17) is 10.5 Å². The van der Waals surface area contributed by atoms with Crippen molar-refractivity contribution in [2.45, 2.75) is 25.1 Å². The van der Waals surface area contributed by atoms with E-state index in [1.807, 2.05) is 12.1 Å². The van der Waals surface area contributed by atoms with Crippen LogP contribution >= 0.6 is 0 Å². The molecule has 1 unspecified atom stereocenters. The van der Waals surface area contributed by atoms with Crippen molar-refractivity contribution >= 4 is 10.0 Å². The molecule has 0 radical (unpaired) electrons. The minimum absolute atomic E-state index is 0.198. The predicted molar refractivity (Wildman–Crippen MR) is 66.6 cm³/mol. The summed E-state index contributed by atoms with van der Waals surface area (Å²) < 4.78 is 25.8. The molecule has 0 bridgehead atoms. The van der Waals surface area contributed by atoms with Gasteiger partial charge in [0.15, 0.2) is 0 Å². The van der Waals surface area contributed by atoms with Crippen LogP contribution in [0.25, 0.3) is 0 Å². The minimum atomic E-state index is -3.53. The molecule has 1 rings (SSSR count). The lowest BCUT2D eigenvalue weighted by atomic mass is 10.2. The summed E-state index contributed by atoms with van der Waals surface area (Å²) in [6.45, 7) is 1.73. The van der Waals surface area contributed by atoms with Crippen molar-refractivity contribution in [3.05, 3.63) is 35.4 Å². The van der Waals surface area contributed by atoms with Gasteiger partial charge in [0.05, 0.1) is 23.5 Å². The summed E-state index contributed by atoms with van der Waals surface area (Å²) in [4.78, 5) is 0. The molecule has 1 aromatic rings. The predicted octanol–water partition coefficient (Wildman–Crippen LogP) is 1.28. The standard InChI is InChI=1S/C12H13N3O2S/c1-2-12(8-14)15-18(16,17)9-11-5-3-10(7-13)4-6-11/h3-6,12,15H,2,9H2,1H3. The molecule has 0 heterocycles. The third-order valence-corrected chi connectivity index (χ3v) is 3.68. The van der Waals surface area contributed by atoms with Gasteiger partial charge in [0.2, 0.25) is 10.0 Å². The van der Waals surface area contributed by atoms with Gasteiger partial charge in [0.25, 0.3) is 0 Å². The molecule has 18 heavy (non-hydrogen) atoms. The number of benzene rings is 1. The fourth-order valence-corrected chi connectivity index (χ4v) is 2.72. The average Bonchev–Trinajstić information content (AvgIpc) is 2.36. The average molecular weight is 263 g/mol. The topological polar surface area (TPSA) is 93.8 Å². The van der Waals surface area contributed by atoms with E-state index in [-0.39, 0.29) is 5.75 Å². The highest BCUT2D eigenvalue weighted by Gasteiger charge is 2.16. The van der Waals surface area contributed by atoms with Gasteiger partial charge in [-0.3, -0.25) is 0 Å². The Morgan fingerprint density at radius 3 is 2.33 bits per heavy atom. The lowest BCUT2D eigenvalue weighted by Crippen LogP contribution is -2.34. The van der Waals surface area contributed by atoms with Crippen LogP contribution in [0.2, 0.25) is 0 Å². The van der Waals surface area contributed by atoms with Crippen LogP contribution < -0.4 is 4.72 Å². The number of nitrogens with zero attached hydrogens (tertiary/aromatic N) is 2. The smallest absolute Gasteiger partial charge is 0.212 e. The van der Waals surface area contributed by atoms with Crippen molar-refractivity contribution in [3.8, 4) is 12.1 Å². The second-order valence-electron chi connectivity index (χ2n) is 3.78. The van der Waals surface area contributed by atoms with E-state index in [9.17, 15) is 8.42 Å². The second-order valence-corrected chi connectivity index (χ2v) is 5.53. The monoisotopic (exact) mass is 263 g/mol. The zero-order valence-electron chi connectivity index (χ0n) is 9.92. The van der Waals surface area contributed by atoms with Gasteiger partial charge in [-0.05, 0) is 24.1 Å². The number of nitrogens with one attached hydrogen (secondary N) is 1. The van der Waals surface area contributed by atoms with Gasteiger partial charge in [-0.1, -0.05) is 19.1 Å². The molecule has 0 aliphatic heterocycles. The third-order valence-electron chi connectivity index (χ3n) is 2.33. The summed E-state index contributed by atoms with van der Waals surface area (Å²) in [7, 11) is -3.53. The van der Waals surface area contributed by atoms with Crippen LogP contribution in [-0.4, -0.2) is 14.5 Å². The number of hydrogen-bond acceptors (Lipinski definition) is 4. The van der Waals surface area contributed by atoms with Gasteiger partial charge >= 0.3 is 0 Å². The van der Waals surface area contributed by atoms with E-state index in [0.29, 0.717) is 17.5 Å². The van der Waals surface area contributed by atoms with Gasteiger partial charge in [-0.25, -0.2) is 8.42 Å². The molecule has 6 heteroatoms. The molecule has 94 valence electrons. The van der Waals surface area contributed by atoms with Crippen LogP contribution in [0.15, 0.2) is 24.3 Å². The summed E-state index contributed by atoms with van der Waals surface area (Å²) in [6, 6.07) is 9.44. The molecule has 0 spiro atoms. The van der Waals surface area contributed by atoms with Crippen LogP contribution in [0.3, 0.4) is 0 Å². The van der Waals surface area contributed by atoms with Crippen molar-refractivity contribution < 1.29 is 8.42 Å². The summed E-state index contributed by atoms with van der Waals surface area (Å²) in [5, 5.41) is 17.3. The molecular formula is C12H13N3O2S. The van der Waals surface area contributed by atoms with Gasteiger partial charge < -0.3 is 0 Å². The fraction of sp³-hybridized carbons (Fsp3) is 0.333. The molecular weight excluding hydrogens is 250 g/mol. The Balaban J connectivity index is 2.77. The molecule has 0 amide bonds. The molecule has 0 aliphatic rings. The summed E-state index contributed by atoms with van der Waals surface area (Å²) in [5.74, 6) is -0.198. The lowest BCUT2D eigenvalue weighted by Gasteiger charge is -2.10. The van der Waals surface area contributed by atoms with E-state index in [0.717, 1.165) is 0 Å². The normalized spacial score (nSPS) is 12.4. The van der Waals surface area contributed by atoms with Crippen LogP contribution in [0.4, 0.5) is 0 Å². The molecule has 5 nitrogen and oxygen atoms in total. The number of rotatable bonds is 5. The van der Waals surface area contributed by atoms with E-state index in [1.165, 1.54) is 0 Å². The highest BCUT2D eigenvalue weighted by Crippen LogP contribution is 2.08.